The van der Waals surface area contributed by atoms with Crippen molar-refractivity contribution in [2.24, 2.45) is 5.92 Å². The van der Waals surface area contributed by atoms with Gasteiger partial charge in [0.1, 0.15) is 5.82 Å². The molecule has 3 aromatic rings. The van der Waals surface area contributed by atoms with Crippen molar-refractivity contribution < 1.29 is 13.9 Å². The van der Waals surface area contributed by atoms with Gasteiger partial charge in [-0.1, -0.05) is 23.7 Å². The Labute approximate surface area is 179 Å². The minimum Gasteiger partial charge on any atom is -0.475 e. The lowest BCUT2D eigenvalue weighted by molar-refractivity contribution is -0.120. The van der Waals surface area contributed by atoms with Crippen molar-refractivity contribution in [1.29, 1.82) is 0 Å². The maximum atomic E-state index is 13.4. The number of nitrogens with one attached hydrogen (secondary N) is 1. The number of ether oxygens (including phenoxy) is 1. The number of para-hydroxylation sites is 2. The highest BCUT2D eigenvalue weighted by Crippen LogP contribution is 2.31. The second-order valence-electron chi connectivity index (χ2n) is 7.18. The van der Waals surface area contributed by atoms with Crippen LogP contribution in [0.15, 0.2) is 42.5 Å². The molecule has 30 heavy (non-hydrogen) atoms. The molecule has 1 saturated heterocycles. The number of aromatic nitrogens is 2. The molecule has 0 radical (unpaired) electrons. The minimum absolute atomic E-state index is 0.0223. The standard InChI is InChI=1S/C22H22ClFN4O2/c1-2-30-22-20(26-18-7-3-4-8-19(18)27-22)28-11-5-6-14(13-28)21(29)25-15-9-10-17(24)16(23)12-15/h3-4,7-10,12,14H,2,5-6,11,13H2,1H3,(H,25,29)/t14-/m0/s1. The lowest BCUT2D eigenvalue weighted by Gasteiger charge is -2.33. The first-order chi connectivity index (χ1) is 14.5. The summed E-state index contributed by atoms with van der Waals surface area (Å²) in [6.45, 7) is 3.64. The largest absolute Gasteiger partial charge is 0.475 e. The van der Waals surface area contributed by atoms with Crippen molar-refractivity contribution in [3.8, 4) is 5.88 Å². The van der Waals surface area contributed by atoms with E-state index >= 15 is 0 Å². The van der Waals surface area contributed by atoms with Crippen LogP contribution in [0.2, 0.25) is 5.02 Å². The summed E-state index contributed by atoms with van der Waals surface area (Å²) in [5.41, 5.74) is 2.02. The Morgan fingerprint density at radius 3 is 2.77 bits per heavy atom. The van der Waals surface area contributed by atoms with E-state index in [2.05, 4.69) is 15.2 Å². The fourth-order valence-corrected chi connectivity index (χ4v) is 3.80. The number of amides is 1. The molecule has 2 aromatic carbocycles. The number of benzene rings is 2. The molecule has 1 aliphatic rings. The third-order valence-electron chi connectivity index (χ3n) is 5.08. The van der Waals surface area contributed by atoms with Crippen molar-refractivity contribution in [2.45, 2.75) is 19.8 Å². The van der Waals surface area contributed by atoms with Crippen LogP contribution in [0.25, 0.3) is 11.0 Å². The first-order valence-corrected chi connectivity index (χ1v) is 10.3. The van der Waals surface area contributed by atoms with E-state index in [0.29, 0.717) is 30.5 Å². The summed E-state index contributed by atoms with van der Waals surface area (Å²) in [5.74, 6) is 0.233. The maximum absolute atomic E-state index is 13.4. The molecule has 0 aliphatic carbocycles. The van der Waals surface area contributed by atoms with Gasteiger partial charge in [-0.25, -0.2) is 14.4 Å². The van der Waals surface area contributed by atoms with Crippen LogP contribution in [0, 0.1) is 11.7 Å². The van der Waals surface area contributed by atoms with E-state index in [0.717, 1.165) is 30.4 Å². The van der Waals surface area contributed by atoms with Crippen molar-refractivity contribution in [3.05, 3.63) is 53.3 Å². The highest BCUT2D eigenvalue weighted by Gasteiger charge is 2.29. The van der Waals surface area contributed by atoms with Gasteiger partial charge in [-0.2, -0.15) is 0 Å². The monoisotopic (exact) mass is 428 g/mol. The Bertz CT molecular complexity index is 1080. The average molecular weight is 429 g/mol. The minimum atomic E-state index is -0.517. The summed E-state index contributed by atoms with van der Waals surface area (Å²) in [6, 6.07) is 11.8. The molecule has 1 N–H and O–H groups in total. The molecule has 0 unspecified atom stereocenters. The van der Waals surface area contributed by atoms with Gasteiger partial charge < -0.3 is 15.0 Å². The summed E-state index contributed by atoms with van der Waals surface area (Å²) in [5, 5.41) is 2.81. The van der Waals surface area contributed by atoms with Gasteiger partial charge in [0.2, 0.25) is 5.91 Å². The molecule has 0 spiro atoms. The fraction of sp³-hybridized carbons (Fsp3) is 0.318. The number of halogens is 2. The number of hydrogen-bond donors (Lipinski definition) is 1. The van der Waals surface area contributed by atoms with Crippen molar-refractivity contribution in [3.63, 3.8) is 0 Å². The van der Waals surface area contributed by atoms with Crippen LogP contribution in [0.1, 0.15) is 19.8 Å². The summed E-state index contributed by atoms with van der Waals surface area (Å²) in [6.07, 6.45) is 1.59. The van der Waals surface area contributed by atoms with Crippen LogP contribution in [0.5, 0.6) is 5.88 Å². The van der Waals surface area contributed by atoms with Crippen molar-refractivity contribution >= 4 is 40.0 Å². The number of carbonyl (C=O) groups is 1. The van der Waals surface area contributed by atoms with E-state index < -0.39 is 5.82 Å². The molecule has 156 valence electrons. The molecule has 2 heterocycles. The second kappa shape index (κ2) is 8.83. The van der Waals surface area contributed by atoms with E-state index in [4.69, 9.17) is 21.3 Å². The molecule has 4 rings (SSSR count). The second-order valence-corrected chi connectivity index (χ2v) is 7.58. The van der Waals surface area contributed by atoms with Crippen molar-refractivity contribution in [1.82, 2.24) is 9.97 Å². The Kier molecular flexibility index (Phi) is 5.99. The summed E-state index contributed by atoms with van der Waals surface area (Å²) < 4.78 is 19.1. The van der Waals surface area contributed by atoms with Gasteiger partial charge in [0, 0.05) is 18.8 Å². The van der Waals surface area contributed by atoms with Gasteiger partial charge in [0.25, 0.3) is 5.88 Å². The Morgan fingerprint density at radius 1 is 1.27 bits per heavy atom. The van der Waals surface area contributed by atoms with Crippen LogP contribution in [-0.4, -0.2) is 35.6 Å². The topological polar surface area (TPSA) is 67.4 Å². The van der Waals surface area contributed by atoms with E-state index in [1.54, 1.807) is 0 Å². The van der Waals surface area contributed by atoms with Gasteiger partial charge in [-0.3, -0.25) is 4.79 Å². The van der Waals surface area contributed by atoms with E-state index in [-0.39, 0.29) is 16.8 Å². The van der Waals surface area contributed by atoms with Gasteiger partial charge in [0.05, 0.1) is 28.6 Å². The molecule has 8 heteroatoms. The SMILES string of the molecule is CCOc1nc2ccccc2nc1N1CCC[C@H](C(=O)Nc2ccc(F)c(Cl)c2)C1. The number of carbonyl (C=O) groups excluding carboxylic acids is 1. The number of nitrogens with zero attached hydrogens (tertiary/aromatic N) is 3. The van der Waals surface area contributed by atoms with Crippen LogP contribution >= 0.6 is 11.6 Å². The van der Waals surface area contributed by atoms with Gasteiger partial charge in [0.15, 0.2) is 5.82 Å². The van der Waals surface area contributed by atoms with E-state index in [9.17, 15) is 9.18 Å². The number of fused-ring (bicyclic) bond motifs is 1. The molecule has 1 aromatic heterocycles. The van der Waals surface area contributed by atoms with Crippen molar-refractivity contribution in [2.75, 3.05) is 29.9 Å². The summed E-state index contributed by atoms with van der Waals surface area (Å²) >= 11 is 5.82. The predicted molar refractivity (Wildman–Crippen MR) is 116 cm³/mol. The Balaban J connectivity index is 1.55. The van der Waals surface area contributed by atoms with Crippen LogP contribution in [0.3, 0.4) is 0 Å². The normalized spacial score (nSPS) is 16.5. The highest BCUT2D eigenvalue weighted by atomic mass is 35.5. The number of rotatable bonds is 5. The first-order valence-electron chi connectivity index (χ1n) is 9.95. The molecule has 1 aliphatic heterocycles. The lowest BCUT2D eigenvalue weighted by Crippen LogP contribution is -2.41. The quantitative estimate of drug-likeness (QED) is 0.639. The Hall–Kier alpha value is -2.93. The third-order valence-corrected chi connectivity index (χ3v) is 5.37. The van der Waals surface area contributed by atoms with Crippen LogP contribution < -0.4 is 15.0 Å². The van der Waals surface area contributed by atoms with Gasteiger partial charge in [-0.15, -0.1) is 0 Å². The molecule has 1 amide bonds. The number of anilines is 2. The van der Waals surface area contributed by atoms with Gasteiger partial charge >= 0.3 is 0 Å². The highest BCUT2D eigenvalue weighted by molar-refractivity contribution is 6.31. The lowest BCUT2D eigenvalue weighted by atomic mass is 9.97. The number of hydrogen-bond acceptors (Lipinski definition) is 5. The molecule has 0 bridgehead atoms. The fourth-order valence-electron chi connectivity index (χ4n) is 3.62. The van der Waals surface area contributed by atoms with Gasteiger partial charge in [-0.05, 0) is 50.1 Å². The van der Waals surface area contributed by atoms with E-state index in [1.165, 1.54) is 18.2 Å². The maximum Gasteiger partial charge on any atom is 0.258 e. The molecule has 1 atom stereocenters. The zero-order valence-corrected chi connectivity index (χ0v) is 17.3. The third kappa shape index (κ3) is 4.31. The average Bonchev–Trinajstić information content (AvgIpc) is 2.76. The molecular weight excluding hydrogens is 407 g/mol. The summed E-state index contributed by atoms with van der Waals surface area (Å²) in [7, 11) is 0. The summed E-state index contributed by atoms with van der Waals surface area (Å²) in [4.78, 5) is 24.3. The predicted octanol–water partition coefficient (Wildman–Crippen LogP) is 4.68. The smallest absolute Gasteiger partial charge is 0.258 e. The molecule has 1 fully saturated rings. The molecule has 0 saturated carbocycles. The van der Waals surface area contributed by atoms with Crippen LogP contribution in [-0.2, 0) is 4.79 Å². The first kappa shape index (κ1) is 20.3. The van der Waals surface area contributed by atoms with E-state index in [1.807, 2.05) is 31.2 Å². The van der Waals surface area contributed by atoms with Crippen LogP contribution in [0.4, 0.5) is 15.9 Å². The zero-order chi connectivity index (χ0) is 21.1. The molecular formula is C22H22ClFN4O2. The number of piperidine rings is 1. The zero-order valence-electron chi connectivity index (χ0n) is 16.6. The Morgan fingerprint density at radius 2 is 2.03 bits per heavy atom. The molecule has 6 nitrogen and oxygen atoms in total.